The van der Waals surface area contributed by atoms with E-state index in [0.29, 0.717) is 17.2 Å². The van der Waals surface area contributed by atoms with Crippen LogP contribution in [0.3, 0.4) is 0 Å². The van der Waals surface area contributed by atoms with Gasteiger partial charge in [0.25, 0.3) is 11.6 Å². The van der Waals surface area contributed by atoms with Crippen molar-refractivity contribution in [2.24, 2.45) is 0 Å². The number of nitrogens with one attached hydrogen (secondary N) is 2. The lowest BCUT2D eigenvalue weighted by Gasteiger charge is -2.24. The molecule has 0 aromatic carbocycles. The Morgan fingerprint density at radius 3 is 2.91 bits per heavy atom. The molecule has 1 saturated heterocycles. The quantitative estimate of drug-likeness (QED) is 0.899. The van der Waals surface area contributed by atoms with Crippen LogP contribution in [-0.2, 0) is 0 Å². The lowest BCUT2D eigenvalue weighted by atomic mass is 10.0. The van der Waals surface area contributed by atoms with Crippen molar-refractivity contribution in [1.82, 2.24) is 20.8 Å². The summed E-state index contributed by atoms with van der Waals surface area (Å²) in [5, 5.41) is 11.2. The molecule has 2 fully saturated rings. The Morgan fingerprint density at radius 1 is 1.39 bits per heavy atom. The molecule has 1 atom stereocenters. The van der Waals surface area contributed by atoms with Crippen LogP contribution in [0.15, 0.2) is 10.6 Å². The van der Waals surface area contributed by atoms with Crippen molar-refractivity contribution in [3.8, 4) is 0 Å². The summed E-state index contributed by atoms with van der Waals surface area (Å²) in [5.74, 6) is 0.423. The van der Waals surface area contributed by atoms with Gasteiger partial charge in [-0.05, 0) is 45.2 Å². The van der Waals surface area contributed by atoms with Crippen molar-refractivity contribution in [2.75, 3.05) is 13.1 Å². The molecular formula is C16H21ClN4O2. The van der Waals surface area contributed by atoms with Crippen molar-refractivity contribution in [1.29, 1.82) is 0 Å². The standard InChI is InChI=1S/C16H20N4O2.ClH/c1-9-14-12(15(21)18-11-3-2-6-17-8-11)7-13(10-4-5-10)19-16(14)22-20-9;/h7,10-11,17H,2-6,8H2,1H3,(H,18,21);1H/t11-;/m0./s1. The molecule has 2 aromatic heterocycles. The van der Waals surface area contributed by atoms with Gasteiger partial charge in [0.05, 0.1) is 16.6 Å². The summed E-state index contributed by atoms with van der Waals surface area (Å²) in [7, 11) is 0. The van der Waals surface area contributed by atoms with Crippen molar-refractivity contribution >= 4 is 29.4 Å². The number of fused-ring (bicyclic) bond motifs is 1. The second-order valence-electron chi connectivity index (χ2n) is 6.33. The number of amides is 1. The van der Waals surface area contributed by atoms with E-state index in [4.69, 9.17) is 4.52 Å². The fourth-order valence-electron chi connectivity index (χ4n) is 3.12. The topological polar surface area (TPSA) is 80.0 Å². The van der Waals surface area contributed by atoms with Crippen LogP contribution in [0.25, 0.3) is 11.1 Å². The zero-order chi connectivity index (χ0) is 15.1. The van der Waals surface area contributed by atoms with Crippen molar-refractivity contribution in [2.45, 2.75) is 44.6 Å². The number of carbonyl (C=O) groups excluding carboxylic acids is 1. The molecular weight excluding hydrogens is 316 g/mol. The number of aromatic nitrogens is 2. The summed E-state index contributed by atoms with van der Waals surface area (Å²) < 4.78 is 5.29. The Bertz CT molecular complexity index is 720. The summed E-state index contributed by atoms with van der Waals surface area (Å²) in [6.45, 7) is 3.71. The van der Waals surface area contributed by atoms with E-state index >= 15 is 0 Å². The molecule has 1 aliphatic heterocycles. The Balaban J connectivity index is 0.00000156. The van der Waals surface area contributed by atoms with E-state index in [1.54, 1.807) is 0 Å². The fourth-order valence-corrected chi connectivity index (χ4v) is 3.12. The third kappa shape index (κ3) is 3.19. The third-order valence-electron chi connectivity index (χ3n) is 4.51. The molecule has 2 N–H and O–H groups in total. The number of hydrogen-bond donors (Lipinski definition) is 2. The Hall–Kier alpha value is -1.66. The first-order valence-corrected chi connectivity index (χ1v) is 8.01. The molecule has 4 rings (SSSR count). The van der Waals surface area contributed by atoms with Gasteiger partial charge in [0.1, 0.15) is 0 Å². The molecule has 1 amide bonds. The monoisotopic (exact) mass is 336 g/mol. The average Bonchev–Trinajstić information content (AvgIpc) is 3.32. The molecule has 2 aromatic rings. The maximum Gasteiger partial charge on any atom is 0.259 e. The third-order valence-corrected chi connectivity index (χ3v) is 4.51. The van der Waals surface area contributed by atoms with Crippen LogP contribution in [0, 0.1) is 6.92 Å². The first kappa shape index (κ1) is 16.2. The van der Waals surface area contributed by atoms with Gasteiger partial charge in [-0.15, -0.1) is 12.4 Å². The van der Waals surface area contributed by atoms with Crippen molar-refractivity contribution in [3.05, 3.63) is 23.0 Å². The predicted molar refractivity (Wildman–Crippen MR) is 89.1 cm³/mol. The highest BCUT2D eigenvalue weighted by Gasteiger charge is 2.29. The lowest BCUT2D eigenvalue weighted by Crippen LogP contribution is -2.45. The minimum absolute atomic E-state index is 0. The molecule has 7 heteroatoms. The normalized spacial score (nSPS) is 21.0. The molecule has 0 radical (unpaired) electrons. The van der Waals surface area contributed by atoms with E-state index < -0.39 is 0 Å². The van der Waals surface area contributed by atoms with E-state index in [-0.39, 0.29) is 24.4 Å². The lowest BCUT2D eigenvalue weighted by molar-refractivity contribution is 0.0932. The van der Waals surface area contributed by atoms with Crippen LogP contribution in [-0.4, -0.2) is 35.2 Å². The van der Waals surface area contributed by atoms with Gasteiger partial charge in [0.15, 0.2) is 0 Å². The van der Waals surface area contributed by atoms with Crippen LogP contribution in [0.2, 0.25) is 0 Å². The number of pyridine rings is 1. The Kier molecular flexibility index (Phi) is 4.55. The highest BCUT2D eigenvalue weighted by atomic mass is 35.5. The van der Waals surface area contributed by atoms with E-state index in [1.807, 2.05) is 13.0 Å². The minimum Gasteiger partial charge on any atom is -0.348 e. The molecule has 0 unspecified atom stereocenters. The van der Waals surface area contributed by atoms with Gasteiger partial charge in [-0.25, -0.2) is 4.98 Å². The second-order valence-corrected chi connectivity index (χ2v) is 6.33. The largest absolute Gasteiger partial charge is 0.348 e. The number of carbonyl (C=O) groups is 1. The van der Waals surface area contributed by atoms with Gasteiger partial charge in [0, 0.05) is 24.2 Å². The van der Waals surface area contributed by atoms with Crippen LogP contribution < -0.4 is 10.6 Å². The molecule has 1 saturated carbocycles. The summed E-state index contributed by atoms with van der Waals surface area (Å²) in [4.78, 5) is 17.3. The number of hydrogen-bond acceptors (Lipinski definition) is 5. The van der Waals surface area contributed by atoms with Crippen LogP contribution in [0.5, 0.6) is 0 Å². The molecule has 0 bridgehead atoms. The highest BCUT2D eigenvalue weighted by Crippen LogP contribution is 2.40. The zero-order valence-electron chi connectivity index (χ0n) is 13.1. The first-order valence-electron chi connectivity index (χ1n) is 8.01. The number of rotatable bonds is 3. The minimum atomic E-state index is -0.0469. The fraction of sp³-hybridized carbons (Fsp3) is 0.562. The van der Waals surface area contributed by atoms with E-state index in [1.165, 1.54) is 0 Å². The first-order chi connectivity index (χ1) is 10.7. The van der Waals surface area contributed by atoms with Crippen LogP contribution in [0.4, 0.5) is 0 Å². The Labute approximate surface area is 140 Å². The van der Waals surface area contributed by atoms with E-state index in [0.717, 1.165) is 55.5 Å². The van der Waals surface area contributed by atoms with Crippen molar-refractivity contribution < 1.29 is 9.32 Å². The molecule has 2 aliphatic rings. The molecule has 124 valence electrons. The Morgan fingerprint density at radius 2 is 2.22 bits per heavy atom. The maximum absolute atomic E-state index is 12.7. The number of aryl methyl sites for hydroxylation is 1. The van der Waals surface area contributed by atoms with Gasteiger partial charge in [0.2, 0.25) is 0 Å². The summed E-state index contributed by atoms with van der Waals surface area (Å²) in [5.41, 5.74) is 2.80. The van der Waals surface area contributed by atoms with Gasteiger partial charge in [-0.1, -0.05) is 5.16 Å². The maximum atomic E-state index is 12.7. The van der Waals surface area contributed by atoms with Gasteiger partial charge in [-0.2, -0.15) is 0 Å². The van der Waals surface area contributed by atoms with Gasteiger partial charge in [-0.3, -0.25) is 4.79 Å². The summed E-state index contributed by atoms with van der Waals surface area (Å²) >= 11 is 0. The highest BCUT2D eigenvalue weighted by molar-refractivity contribution is 6.06. The molecule has 0 spiro atoms. The predicted octanol–water partition coefficient (Wildman–Crippen LogP) is 2.31. The number of halogens is 1. The van der Waals surface area contributed by atoms with Crippen LogP contribution >= 0.6 is 12.4 Å². The van der Waals surface area contributed by atoms with Crippen molar-refractivity contribution in [3.63, 3.8) is 0 Å². The van der Waals surface area contributed by atoms with Crippen LogP contribution in [0.1, 0.15) is 53.3 Å². The second kappa shape index (κ2) is 6.45. The smallest absolute Gasteiger partial charge is 0.259 e. The molecule has 3 heterocycles. The van der Waals surface area contributed by atoms with Gasteiger partial charge >= 0.3 is 0 Å². The summed E-state index contributed by atoms with van der Waals surface area (Å²) in [6, 6.07) is 2.12. The molecule has 23 heavy (non-hydrogen) atoms. The summed E-state index contributed by atoms with van der Waals surface area (Å²) in [6.07, 6.45) is 4.39. The zero-order valence-corrected chi connectivity index (χ0v) is 13.9. The SMILES string of the molecule is Cc1noc2nc(C3CC3)cc(C(=O)N[C@H]3CCCNC3)c12.Cl. The number of nitrogens with zero attached hydrogens (tertiary/aromatic N) is 2. The van der Waals surface area contributed by atoms with E-state index in [9.17, 15) is 4.79 Å². The molecule has 1 aliphatic carbocycles. The average molecular weight is 337 g/mol. The molecule has 6 nitrogen and oxygen atoms in total. The van der Waals surface area contributed by atoms with Gasteiger partial charge < -0.3 is 15.2 Å². The van der Waals surface area contributed by atoms with E-state index in [2.05, 4.69) is 20.8 Å². The number of piperidine rings is 1.